The van der Waals surface area contributed by atoms with Crippen LogP contribution >= 0.6 is 0 Å². The third-order valence-electron chi connectivity index (χ3n) is 9.81. The number of rotatable bonds is 4. The van der Waals surface area contributed by atoms with Gasteiger partial charge in [-0.15, -0.1) is 0 Å². The SMILES string of the molecule is COC(=O)CCC(C)[C@H]1CC[C@H]2[C@@H]3C(=O)C[C@@H]4CC=CC[C@]4(C)[C@H]3CC[C@]12C. The molecule has 0 amide bonds. The second-order valence-corrected chi connectivity index (χ2v) is 10.8. The molecule has 0 aliphatic heterocycles. The van der Waals surface area contributed by atoms with Crippen molar-refractivity contribution in [2.75, 3.05) is 7.11 Å². The lowest BCUT2D eigenvalue weighted by molar-refractivity contribution is -0.152. The molecular weight excluding hydrogens is 348 g/mol. The van der Waals surface area contributed by atoms with Crippen LogP contribution in [0.3, 0.4) is 0 Å². The van der Waals surface area contributed by atoms with Gasteiger partial charge in [-0.25, -0.2) is 0 Å². The van der Waals surface area contributed by atoms with Gasteiger partial charge in [0.25, 0.3) is 0 Å². The highest BCUT2D eigenvalue weighted by molar-refractivity contribution is 5.83. The summed E-state index contributed by atoms with van der Waals surface area (Å²) in [5.41, 5.74) is 0.587. The summed E-state index contributed by atoms with van der Waals surface area (Å²) in [5, 5.41) is 0. The largest absolute Gasteiger partial charge is 0.469 e. The normalized spacial score (nSPS) is 45.7. The number of hydrogen-bond donors (Lipinski definition) is 0. The van der Waals surface area contributed by atoms with Crippen molar-refractivity contribution >= 4 is 11.8 Å². The van der Waals surface area contributed by atoms with Crippen LogP contribution in [-0.2, 0) is 14.3 Å². The minimum Gasteiger partial charge on any atom is -0.469 e. The molecule has 0 aromatic rings. The average Bonchev–Trinajstić information content (AvgIpc) is 3.03. The maximum atomic E-state index is 13.4. The van der Waals surface area contributed by atoms with Crippen LogP contribution in [0.25, 0.3) is 0 Å². The summed E-state index contributed by atoms with van der Waals surface area (Å²) in [4.78, 5) is 25.0. The highest BCUT2D eigenvalue weighted by Gasteiger charge is 2.62. The molecule has 3 fully saturated rings. The lowest BCUT2D eigenvalue weighted by atomic mass is 9.45. The topological polar surface area (TPSA) is 43.4 Å². The highest BCUT2D eigenvalue weighted by atomic mass is 16.5. The quantitative estimate of drug-likeness (QED) is 0.468. The lowest BCUT2D eigenvalue weighted by Crippen LogP contribution is -2.56. The Labute approximate surface area is 170 Å². The zero-order valence-corrected chi connectivity index (χ0v) is 18.2. The predicted octanol–water partition coefficient (Wildman–Crippen LogP) is 5.58. The second-order valence-electron chi connectivity index (χ2n) is 10.8. The first-order valence-electron chi connectivity index (χ1n) is 11.6. The summed E-state index contributed by atoms with van der Waals surface area (Å²) in [6.07, 6.45) is 14.1. The molecule has 1 unspecified atom stereocenters. The van der Waals surface area contributed by atoms with Gasteiger partial charge in [0.15, 0.2) is 0 Å². The summed E-state index contributed by atoms with van der Waals surface area (Å²) in [6.45, 7) is 7.28. The fourth-order valence-electron chi connectivity index (χ4n) is 8.14. The monoisotopic (exact) mass is 386 g/mol. The Balaban J connectivity index is 1.55. The van der Waals surface area contributed by atoms with Crippen LogP contribution in [0.15, 0.2) is 12.2 Å². The molecule has 0 radical (unpaired) electrons. The molecule has 4 aliphatic rings. The van der Waals surface area contributed by atoms with E-state index >= 15 is 0 Å². The van der Waals surface area contributed by atoms with Crippen molar-refractivity contribution in [3.05, 3.63) is 12.2 Å². The molecule has 4 aliphatic carbocycles. The minimum atomic E-state index is -0.0953. The van der Waals surface area contributed by atoms with Crippen LogP contribution in [0.4, 0.5) is 0 Å². The molecule has 28 heavy (non-hydrogen) atoms. The minimum absolute atomic E-state index is 0.0953. The molecule has 156 valence electrons. The molecule has 0 spiro atoms. The molecular formula is C25H38O3. The Hall–Kier alpha value is -1.12. The Kier molecular flexibility index (Phi) is 5.25. The van der Waals surface area contributed by atoms with Crippen molar-refractivity contribution in [3.63, 3.8) is 0 Å². The van der Waals surface area contributed by atoms with E-state index in [0.717, 1.165) is 25.7 Å². The van der Waals surface area contributed by atoms with Crippen molar-refractivity contribution in [1.82, 2.24) is 0 Å². The van der Waals surface area contributed by atoms with Gasteiger partial charge in [-0.3, -0.25) is 9.59 Å². The van der Waals surface area contributed by atoms with Crippen LogP contribution in [0.2, 0.25) is 0 Å². The zero-order valence-electron chi connectivity index (χ0n) is 18.2. The fourth-order valence-corrected chi connectivity index (χ4v) is 8.14. The molecule has 3 saturated carbocycles. The van der Waals surface area contributed by atoms with E-state index in [0.29, 0.717) is 47.2 Å². The van der Waals surface area contributed by atoms with Crippen molar-refractivity contribution in [1.29, 1.82) is 0 Å². The van der Waals surface area contributed by atoms with Crippen molar-refractivity contribution in [3.8, 4) is 0 Å². The summed E-state index contributed by atoms with van der Waals surface area (Å²) >= 11 is 0. The molecule has 0 bridgehead atoms. The van der Waals surface area contributed by atoms with E-state index in [9.17, 15) is 9.59 Å². The Morgan fingerprint density at radius 3 is 2.68 bits per heavy atom. The van der Waals surface area contributed by atoms with Crippen molar-refractivity contribution in [2.45, 2.75) is 78.6 Å². The average molecular weight is 387 g/mol. The Morgan fingerprint density at radius 1 is 1.18 bits per heavy atom. The molecule has 8 atom stereocenters. The number of carbonyl (C=O) groups is 2. The number of fused-ring (bicyclic) bond motifs is 5. The predicted molar refractivity (Wildman–Crippen MR) is 111 cm³/mol. The molecule has 0 heterocycles. The van der Waals surface area contributed by atoms with Crippen molar-refractivity contribution < 1.29 is 14.3 Å². The molecule has 0 aromatic carbocycles. The third kappa shape index (κ3) is 2.99. The second kappa shape index (κ2) is 7.29. The van der Waals surface area contributed by atoms with Gasteiger partial charge in [0.05, 0.1) is 7.11 Å². The summed E-state index contributed by atoms with van der Waals surface area (Å²) in [5.74, 6) is 3.59. The number of Topliss-reactive ketones (excluding diaryl/α,β-unsaturated/α-hetero) is 1. The van der Waals surface area contributed by atoms with E-state index < -0.39 is 0 Å². The first-order chi connectivity index (χ1) is 13.3. The number of hydrogen-bond acceptors (Lipinski definition) is 3. The van der Waals surface area contributed by atoms with E-state index in [-0.39, 0.29) is 17.3 Å². The smallest absolute Gasteiger partial charge is 0.305 e. The van der Waals surface area contributed by atoms with Gasteiger partial charge >= 0.3 is 5.97 Å². The highest BCUT2D eigenvalue weighted by Crippen LogP contribution is 2.67. The van der Waals surface area contributed by atoms with Gasteiger partial charge in [-0.05, 0) is 85.4 Å². The molecule has 3 heteroatoms. The fraction of sp³-hybridized carbons (Fsp3) is 0.840. The van der Waals surface area contributed by atoms with Crippen LogP contribution in [0, 0.1) is 46.3 Å². The Bertz CT molecular complexity index is 667. The van der Waals surface area contributed by atoms with Gasteiger partial charge in [0.1, 0.15) is 5.78 Å². The molecule has 0 aromatic heterocycles. The zero-order chi connectivity index (χ0) is 20.1. The first-order valence-corrected chi connectivity index (χ1v) is 11.6. The van der Waals surface area contributed by atoms with Gasteiger partial charge in [-0.2, -0.15) is 0 Å². The molecule has 0 N–H and O–H groups in total. The van der Waals surface area contributed by atoms with Crippen LogP contribution < -0.4 is 0 Å². The third-order valence-corrected chi connectivity index (χ3v) is 9.81. The van der Waals surface area contributed by atoms with Gasteiger partial charge < -0.3 is 4.74 Å². The maximum Gasteiger partial charge on any atom is 0.305 e. The summed E-state index contributed by atoms with van der Waals surface area (Å²) < 4.78 is 4.85. The number of ether oxygens (including phenoxy) is 1. The van der Waals surface area contributed by atoms with Crippen LogP contribution in [0.1, 0.15) is 78.6 Å². The van der Waals surface area contributed by atoms with E-state index in [2.05, 4.69) is 32.9 Å². The number of allylic oxidation sites excluding steroid dienone is 2. The van der Waals surface area contributed by atoms with E-state index in [1.807, 2.05) is 0 Å². The Morgan fingerprint density at radius 2 is 1.93 bits per heavy atom. The summed E-state index contributed by atoms with van der Waals surface area (Å²) in [6, 6.07) is 0. The number of esters is 1. The number of ketones is 1. The first kappa shape index (κ1) is 20.2. The van der Waals surface area contributed by atoms with Gasteiger partial charge in [0.2, 0.25) is 0 Å². The van der Waals surface area contributed by atoms with Gasteiger partial charge in [-0.1, -0.05) is 32.9 Å². The molecule has 3 nitrogen and oxygen atoms in total. The lowest BCUT2D eigenvalue weighted by Gasteiger charge is -2.59. The van der Waals surface area contributed by atoms with Crippen LogP contribution in [0.5, 0.6) is 0 Å². The van der Waals surface area contributed by atoms with Crippen molar-refractivity contribution in [2.24, 2.45) is 46.3 Å². The van der Waals surface area contributed by atoms with E-state index in [4.69, 9.17) is 4.74 Å². The molecule has 0 saturated heterocycles. The van der Waals surface area contributed by atoms with E-state index in [1.54, 1.807) is 0 Å². The number of carbonyl (C=O) groups excluding carboxylic acids is 2. The van der Waals surface area contributed by atoms with Crippen LogP contribution in [-0.4, -0.2) is 18.9 Å². The van der Waals surface area contributed by atoms with Gasteiger partial charge in [0, 0.05) is 18.8 Å². The van der Waals surface area contributed by atoms with E-state index in [1.165, 1.54) is 32.8 Å². The maximum absolute atomic E-state index is 13.4. The summed E-state index contributed by atoms with van der Waals surface area (Å²) in [7, 11) is 1.48. The molecule has 4 rings (SSSR count). The number of methoxy groups -OCH3 is 1. The standard InChI is InChI=1S/C25H38O3/c1-16(8-11-22(27)28-4)18-9-10-19-23-20(12-14-25(18,19)3)24(2)13-6-5-7-17(24)15-21(23)26/h5-6,16-20,23H,7-15H2,1-4H3/t16?,17-,18+,19-,20-,23-,24-,25+/m0/s1.